The third-order valence-electron chi connectivity index (χ3n) is 4.50. The Hall–Kier alpha value is -1.85. The number of nitrogens with one attached hydrogen (secondary N) is 1. The molecular weight excluding hydrogens is 356 g/mol. The van der Waals surface area contributed by atoms with E-state index in [1.54, 1.807) is 40.5 Å². The Bertz CT molecular complexity index is 730. The Morgan fingerprint density at radius 2 is 2.04 bits per heavy atom. The van der Waals surface area contributed by atoms with Crippen LogP contribution in [-0.2, 0) is 4.79 Å². The van der Waals surface area contributed by atoms with Gasteiger partial charge in [-0.25, -0.2) is 0 Å². The molecule has 1 aliphatic rings. The predicted octanol–water partition coefficient (Wildman–Crippen LogP) is 4.13. The predicted molar refractivity (Wildman–Crippen MR) is 101 cm³/mol. The summed E-state index contributed by atoms with van der Waals surface area (Å²) in [5.41, 5.74) is 0.609. The van der Waals surface area contributed by atoms with Crippen molar-refractivity contribution in [2.45, 2.75) is 25.8 Å². The van der Waals surface area contributed by atoms with Crippen molar-refractivity contribution in [2.75, 3.05) is 13.1 Å². The molecule has 0 saturated carbocycles. The van der Waals surface area contributed by atoms with E-state index in [0.717, 1.165) is 17.7 Å². The zero-order valence-electron chi connectivity index (χ0n) is 14.1. The van der Waals surface area contributed by atoms with Gasteiger partial charge in [-0.3, -0.25) is 9.59 Å². The second kappa shape index (κ2) is 8.02. The lowest BCUT2D eigenvalue weighted by Crippen LogP contribution is -2.45. The molecule has 1 saturated heterocycles. The van der Waals surface area contributed by atoms with Gasteiger partial charge in [-0.05, 0) is 55.5 Å². The highest BCUT2D eigenvalue weighted by Crippen LogP contribution is 2.22. The van der Waals surface area contributed by atoms with Gasteiger partial charge in [-0.15, -0.1) is 11.3 Å². The van der Waals surface area contributed by atoms with Crippen molar-refractivity contribution in [3.63, 3.8) is 0 Å². The number of hydrogen-bond donors (Lipinski definition) is 1. The minimum atomic E-state index is -0.160. The lowest BCUT2D eigenvalue weighted by Gasteiger charge is -2.32. The van der Waals surface area contributed by atoms with Crippen LogP contribution in [0.15, 0.2) is 41.8 Å². The minimum Gasteiger partial charge on any atom is -0.348 e. The second-order valence-electron chi connectivity index (χ2n) is 6.34. The number of halogens is 1. The molecule has 1 aromatic carbocycles. The van der Waals surface area contributed by atoms with E-state index in [4.69, 9.17) is 11.6 Å². The van der Waals surface area contributed by atoms with Gasteiger partial charge in [0.05, 0.1) is 12.0 Å². The monoisotopic (exact) mass is 376 g/mol. The molecule has 4 nitrogen and oxygen atoms in total. The molecule has 1 N–H and O–H groups in total. The van der Waals surface area contributed by atoms with Gasteiger partial charge in [-0.1, -0.05) is 17.7 Å². The van der Waals surface area contributed by atoms with E-state index in [-0.39, 0.29) is 23.8 Å². The first-order chi connectivity index (χ1) is 12.0. The van der Waals surface area contributed by atoms with E-state index in [2.05, 4.69) is 5.32 Å². The van der Waals surface area contributed by atoms with Gasteiger partial charge < -0.3 is 10.2 Å². The normalized spacial score (nSPS) is 18.6. The number of hydrogen-bond acceptors (Lipinski definition) is 3. The molecule has 2 aromatic rings. The van der Waals surface area contributed by atoms with Gasteiger partial charge in [0.1, 0.15) is 0 Å². The van der Waals surface area contributed by atoms with Gasteiger partial charge in [0.25, 0.3) is 5.91 Å². The van der Waals surface area contributed by atoms with Gasteiger partial charge in [0, 0.05) is 28.6 Å². The highest BCUT2D eigenvalue weighted by Gasteiger charge is 2.29. The SMILES string of the molecule is CC(NC(=O)C1CCCN(C(=O)c2ccc(Cl)cc2)C1)c1cccs1. The Morgan fingerprint density at radius 3 is 2.72 bits per heavy atom. The minimum absolute atomic E-state index is 0.00477. The molecule has 1 aliphatic heterocycles. The molecule has 2 atom stereocenters. The molecule has 1 aromatic heterocycles. The summed E-state index contributed by atoms with van der Waals surface area (Å²) in [4.78, 5) is 28.1. The topological polar surface area (TPSA) is 49.4 Å². The summed E-state index contributed by atoms with van der Waals surface area (Å²) in [7, 11) is 0. The largest absolute Gasteiger partial charge is 0.348 e. The fraction of sp³-hybridized carbons (Fsp3) is 0.368. The van der Waals surface area contributed by atoms with Crippen molar-refractivity contribution >= 4 is 34.8 Å². The van der Waals surface area contributed by atoms with Gasteiger partial charge in [0.2, 0.25) is 5.91 Å². The van der Waals surface area contributed by atoms with E-state index in [9.17, 15) is 9.59 Å². The molecule has 1 fully saturated rings. The summed E-state index contributed by atoms with van der Waals surface area (Å²) >= 11 is 7.51. The standard InChI is InChI=1S/C19H21ClN2O2S/c1-13(17-5-3-11-25-17)21-18(23)15-4-2-10-22(12-15)19(24)14-6-8-16(20)9-7-14/h3,5-9,11,13,15H,2,4,10,12H2,1H3,(H,21,23). The zero-order valence-corrected chi connectivity index (χ0v) is 15.6. The number of rotatable bonds is 4. The highest BCUT2D eigenvalue weighted by molar-refractivity contribution is 7.10. The second-order valence-corrected chi connectivity index (χ2v) is 7.76. The van der Waals surface area contributed by atoms with E-state index in [0.29, 0.717) is 23.7 Å². The molecule has 2 unspecified atom stereocenters. The third kappa shape index (κ3) is 4.41. The summed E-state index contributed by atoms with van der Waals surface area (Å²) in [6.07, 6.45) is 1.65. The van der Waals surface area contributed by atoms with Crippen molar-refractivity contribution in [1.29, 1.82) is 0 Å². The van der Waals surface area contributed by atoms with Gasteiger partial charge in [-0.2, -0.15) is 0 Å². The number of piperidine rings is 1. The van der Waals surface area contributed by atoms with Crippen LogP contribution in [0.4, 0.5) is 0 Å². The van der Waals surface area contributed by atoms with Crippen molar-refractivity contribution in [1.82, 2.24) is 10.2 Å². The van der Waals surface area contributed by atoms with Crippen LogP contribution >= 0.6 is 22.9 Å². The van der Waals surface area contributed by atoms with Crippen LogP contribution in [0, 0.1) is 5.92 Å². The van der Waals surface area contributed by atoms with Crippen LogP contribution in [0.3, 0.4) is 0 Å². The molecule has 0 spiro atoms. The Labute approximate surface area is 156 Å². The Kier molecular flexibility index (Phi) is 5.76. The highest BCUT2D eigenvalue weighted by atomic mass is 35.5. The number of likely N-dealkylation sites (tertiary alicyclic amines) is 1. The number of nitrogens with zero attached hydrogens (tertiary/aromatic N) is 1. The molecule has 0 bridgehead atoms. The summed E-state index contributed by atoms with van der Waals surface area (Å²) in [6.45, 7) is 3.14. The molecule has 6 heteroatoms. The lowest BCUT2D eigenvalue weighted by molar-refractivity contribution is -0.127. The van der Waals surface area contributed by atoms with Crippen LogP contribution in [-0.4, -0.2) is 29.8 Å². The fourth-order valence-electron chi connectivity index (χ4n) is 3.09. The van der Waals surface area contributed by atoms with E-state index in [1.807, 2.05) is 24.4 Å². The number of carbonyl (C=O) groups excluding carboxylic acids is 2. The molecule has 0 radical (unpaired) electrons. The van der Waals surface area contributed by atoms with Crippen LogP contribution in [0.5, 0.6) is 0 Å². The average Bonchev–Trinajstić information content (AvgIpc) is 3.16. The molecule has 2 heterocycles. The van der Waals surface area contributed by atoms with Crippen LogP contribution in [0.25, 0.3) is 0 Å². The van der Waals surface area contributed by atoms with E-state index >= 15 is 0 Å². The Morgan fingerprint density at radius 1 is 1.28 bits per heavy atom. The van der Waals surface area contributed by atoms with Crippen LogP contribution in [0.1, 0.15) is 41.0 Å². The zero-order chi connectivity index (χ0) is 17.8. The molecular formula is C19H21ClN2O2S. The molecule has 3 rings (SSSR count). The van der Waals surface area contributed by atoms with Crippen molar-refractivity contribution in [2.24, 2.45) is 5.92 Å². The first-order valence-electron chi connectivity index (χ1n) is 8.43. The molecule has 132 valence electrons. The van der Waals surface area contributed by atoms with Crippen LogP contribution in [0.2, 0.25) is 5.02 Å². The average molecular weight is 377 g/mol. The quantitative estimate of drug-likeness (QED) is 0.872. The van der Waals surface area contributed by atoms with Crippen molar-refractivity contribution in [3.8, 4) is 0 Å². The fourth-order valence-corrected chi connectivity index (χ4v) is 3.95. The summed E-state index contributed by atoms with van der Waals surface area (Å²) in [5.74, 6) is -0.178. The maximum Gasteiger partial charge on any atom is 0.253 e. The van der Waals surface area contributed by atoms with Crippen molar-refractivity contribution < 1.29 is 9.59 Å². The van der Waals surface area contributed by atoms with Gasteiger partial charge >= 0.3 is 0 Å². The van der Waals surface area contributed by atoms with Crippen molar-refractivity contribution in [3.05, 3.63) is 57.2 Å². The van der Waals surface area contributed by atoms with Gasteiger partial charge in [0.15, 0.2) is 0 Å². The van der Waals surface area contributed by atoms with E-state index in [1.165, 1.54) is 0 Å². The molecule has 25 heavy (non-hydrogen) atoms. The number of carbonyl (C=O) groups is 2. The number of thiophene rings is 1. The summed E-state index contributed by atoms with van der Waals surface area (Å²) < 4.78 is 0. The molecule has 2 amide bonds. The van der Waals surface area contributed by atoms with Crippen LogP contribution < -0.4 is 5.32 Å². The summed E-state index contributed by atoms with van der Waals surface area (Å²) in [5, 5.41) is 5.69. The summed E-state index contributed by atoms with van der Waals surface area (Å²) in [6, 6.07) is 10.9. The first kappa shape index (κ1) is 18.0. The maximum atomic E-state index is 12.6. The first-order valence-corrected chi connectivity index (χ1v) is 9.69. The lowest BCUT2D eigenvalue weighted by atomic mass is 9.96. The maximum absolute atomic E-state index is 12.6. The van der Waals surface area contributed by atoms with E-state index < -0.39 is 0 Å². The Balaban J connectivity index is 1.61. The third-order valence-corrected chi connectivity index (χ3v) is 5.81. The molecule has 0 aliphatic carbocycles. The number of benzene rings is 1. The smallest absolute Gasteiger partial charge is 0.253 e. The number of amides is 2.